The Morgan fingerprint density at radius 3 is 2.26 bits per heavy atom. The van der Waals surface area contributed by atoms with E-state index in [1.54, 1.807) is 21.9 Å². The van der Waals surface area contributed by atoms with Gasteiger partial charge in [0.1, 0.15) is 5.82 Å². The van der Waals surface area contributed by atoms with E-state index in [9.17, 15) is 14.0 Å². The van der Waals surface area contributed by atoms with Gasteiger partial charge in [-0.25, -0.2) is 4.39 Å². The number of piperazine rings is 1. The topological polar surface area (TPSA) is 40.6 Å². The van der Waals surface area contributed by atoms with Crippen molar-refractivity contribution in [1.82, 2.24) is 9.80 Å². The van der Waals surface area contributed by atoms with Crippen LogP contribution < -0.4 is 0 Å². The van der Waals surface area contributed by atoms with Gasteiger partial charge in [-0.3, -0.25) is 9.59 Å². The molecule has 120 valence electrons. The molecule has 0 saturated carbocycles. The number of halogens is 2. The Labute approximate surface area is 145 Å². The summed E-state index contributed by atoms with van der Waals surface area (Å²) in [5, 5.41) is 1.86. The normalized spacial score (nSPS) is 14.9. The molecule has 1 aromatic heterocycles. The Kier molecular flexibility index (Phi) is 4.77. The molecule has 1 aliphatic heterocycles. The van der Waals surface area contributed by atoms with Crippen molar-refractivity contribution in [2.45, 2.75) is 0 Å². The van der Waals surface area contributed by atoms with Gasteiger partial charge in [0.05, 0.1) is 10.4 Å². The van der Waals surface area contributed by atoms with Crippen molar-refractivity contribution in [1.29, 1.82) is 0 Å². The second-order valence-corrected chi connectivity index (χ2v) is 7.05. The van der Waals surface area contributed by atoms with E-state index in [2.05, 4.69) is 15.9 Å². The highest BCUT2D eigenvalue weighted by molar-refractivity contribution is 9.10. The van der Waals surface area contributed by atoms with Crippen molar-refractivity contribution in [3.8, 4) is 0 Å². The molecule has 0 N–H and O–H groups in total. The lowest BCUT2D eigenvalue weighted by Crippen LogP contribution is -2.50. The molecule has 4 nitrogen and oxygen atoms in total. The molecule has 0 aliphatic carbocycles. The maximum atomic E-state index is 13.9. The van der Waals surface area contributed by atoms with E-state index in [0.717, 1.165) is 0 Å². The van der Waals surface area contributed by atoms with Gasteiger partial charge in [-0.1, -0.05) is 22.0 Å². The average molecular weight is 397 g/mol. The van der Waals surface area contributed by atoms with Gasteiger partial charge in [-0.15, -0.1) is 11.3 Å². The van der Waals surface area contributed by atoms with Gasteiger partial charge in [-0.05, 0) is 29.6 Å². The van der Waals surface area contributed by atoms with Gasteiger partial charge >= 0.3 is 0 Å². The second kappa shape index (κ2) is 6.80. The van der Waals surface area contributed by atoms with Crippen LogP contribution in [0.15, 0.2) is 40.2 Å². The molecule has 1 saturated heterocycles. The van der Waals surface area contributed by atoms with Crippen molar-refractivity contribution >= 4 is 39.1 Å². The molecule has 7 heteroatoms. The molecule has 1 fully saturated rings. The van der Waals surface area contributed by atoms with Crippen LogP contribution in [0.2, 0.25) is 0 Å². The fourth-order valence-corrected chi connectivity index (χ4v) is 3.53. The zero-order chi connectivity index (χ0) is 16.4. The molecule has 0 spiro atoms. The summed E-state index contributed by atoms with van der Waals surface area (Å²) in [6, 6.07) is 8.04. The minimum absolute atomic E-state index is 0.0121. The highest BCUT2D eigenvalue weighted by atomic mass is 79.9. The number of rotatable bonds is 2. The Hall–Kier alpha value is -1.73. The zero-order valence-electron chi connectivity index (χ0n) is 12.2. The van der Waals surface area contributed by atoms with E-state index in [4.69, 9.17) is 0 Å². The van der Waals surface area contributed by atoms with Gasteiger partial charge in [0, 0.05) is 30.7 Å². The first-order valence-corrected chi connectivity index (χ1v) is 8.80. The molecule has 0 radical (unpaired) electrons. The largest absolute Gasteiger partial charge is 0.335 e. The monoisotopic (exact) mass is 396 g/mol. The third-order valence-corrected chi connectivity index (χ3v) is 5.10. The maximum absolute atomic E-state index is 13.9. The van der Waals surface area contributed by atoms with Gasteiger partial charge in [0.25, 0.3) is 11.8 Å². The number of hydrogen-bond donors (Lipinski definition) is 0. The van der Waals surface area contributed by atoms with Crippen LogP contribution >= 0.6 is 27.3 Å². The van der Waals surface area contributed by atoms with Crippen LogP contribution in [0, 0.1) is 5.82 Å². The van der Waals surface area contributed by atoms with E-state index < -0.39 is 5.82 Å². The molecular weight excluding hydrogens is 383 g/mol. The zero-order valence-corrected chi connectivity index (χ0v) is 14.6. The molecule has 23 heavy (non-hydrogen) atoms. The highest BCUT2D eigenvalue weighted by Gasteiger charge is 2.27. The van der Waals surface area contributed by atoms with Crippen LogP contribution in [-0.4, -0.2) is 47.8 Å². The number of benzene rings is 1. The Morgan fingerprint density at radius 1 is 1.04 bits per heavy atom. The summed E-state index contributed by atoms with van der Waals surface area (Å²) in [5.41, 5.74) is 0.0613. The summed E-state index contributed by atoms with van der Waals surface area (Å²) < 4.78 is 14.5. The van der Waals surface area contributed by atoms with Crippen LogP contribution in [0.3, 0.4) is 0 Å². The van der Waals surface area contributed by atoms with Crippen molar-refractivity contribution < 1.29 is 14.0 Å². The molecule has 0 atom stereocenters. The molecular formula is C16H14BrFN2O2S. The van der Waals surface area contributed by atoms with E-state index in [-0.39, 0.29) is 17.4 Å². The fraction of sp³-hybridized carbons (Fsp3) is 0.250. The van der Waals surface area contributed by atoms with Crippen LogP contribution in [-0.2, 0) is 0 Å². The van der Waals surface area contributed by atoms with Gasteiger partial charge < -0.3 is 9.80 Å². The Balaban J connectivity index is 1.64. The summed E-state index contributed by atoms with van der Waals surface area (Å²) in [6.45, 7) is 1.73. The first-order valence-electron chi connectivity index (χ1n) is 7.13. The van der Waals surface area contributed by atoms with Crippen LogP contribution in [0.1, 0.15) is 20.0 Å². The Morgan fingerprint density at radius 2 is 1.70 bits per heavy atom. The highest BCUT2D eigenvalue weighted by Crippen LogP contribution is 2.19. The van der Waals surface area contributed by atoms with Crippen molar-refractivity contribution in [3.05, 3.63) is 56.4 Å². The molecule has 1 aromatic carbocycles. The summed E-state index contributed by atoms with van der Waals surface area (Å²) >= 11 is 4.58. The predicted molar refractivity (Wildman–Crippen MR) is 90.2 cm³/mol. The molecule has 0 bridgehead atoms. The predicted octanol–water partition coefficient (Wildman–Crippen LogP) is 3.25. The molecule has 2 aromatic rings. The van der Waals surface area contributed by atoms with Crippen molar-refractivity contribution in [2.75, 3.05) is 26.2 Å². The number of nitrogens with zero attached hydrogens (tertiary/aromatic N) is 2. The maximum Gasteiger partial charge on any atom is 0.264 e. The summed E-state index contributed by atoms with van der Waals surface area (Å²) in [5.74, 6) is -0.887. The van der Waals surface area contributed by atoms with Crippen molar-refractivity contribution in [2.24, 2.45) is 0 Å². The van der Waals surface area contributed by atoms with Crippen LogP contribution in [0.4, 0.5) is 4.39 Å². The molecule has 3 rings (SSSR count). The number of hydrogen-bond acceptors (Lipinski definition) is 3. The molecule has 0 unspecified atom stereocenters. The number of thiophene rings is 1. The summed E-state index contributed by atoms with van der Waals surface area (Å²) in [4.78, 5) is 28.7. The lowest BCUT2D eigenvalue weighted by atomic mass is 10.1. The van der Waals surface area contributed by atoms with E-state index in [1.807, 2.05) is 11.4 Å². The fourth-order valence-electron chi connectivity index (χ4n) is 2.50. The Bertz CT molecular complexity index is 728. The van der Waals surface area contributed by atoms with Crippen LogP contribution in [0.5, 0.6) is 0 Å². The third kappa shape index (κ3) is 3.45. The average Bonchev–Trinajstić information content (AvgIpc) is 3.08. The number of carbonyl (C=O) groups is 2. The quantitative estimate of drug-likeness (QED) is 0.781. The van der Waals surface area contributed by atoms with Gasteiger partial charge in [0.2, 0.25) is 0 Å². The molecule has 2 heterocycles. The SMILES string of the molecule is O=C(c1cccs1)N1CCN(C(=O)c2ccc(Br)cc2F)CC1. The standard InChI is InChI=1S/C16H14BrFN2O2S/c17-11-3-4-12(13(18)10-11)15(21)19-5-7-20(8-6-19)16(22)14-2-1-9-23-14/h1-4,9-10H,5-8H2. The van der Waals surface area contributed by atoms with E-state index in [0.29, 0.717) is 35.5 Å². The van der Waals surface area contributed by atoms with Gasteiger partial charge in [-0.2, -0.15) is 0 Å². The lowest BCUT2D eigenvalue weighted by molar-refractivity contribution is 0.0535. The first-order chi connectivity index (χ1) is 11.1. The second-order valence-electron chi connectivity index (χ2n) is 5.19. The van der Waals surface area contributed by atoms with Gasteiger partial charge in [0.15, 0.2) is 0 Å². The smallest absolute Gasteiger partial charge is 0.264 e. The molecule has 1 aliphatic rings. The minimum Gasteiger partial charge on any atom is -0.335 e. The summed E-state index contributed by atoms with van der Waals surface area (Å²) in [7, 11) is 0. The van der Waals surface area contributed by atoms with Crippen LogP contribution in [0.25, 0.3) is 0 Å². The first kappa shape index (κ1) is 16.1. The third-order valence-electron chi connectivity index (χ3n) is 3.75. The summed E-state index contributed by atoms with van der Waals surface area (Å²) in [6.07, 6.45) is 0. The van der Waals surface area contributed by atoms with E-state index in [1.165, 1.54) is 23.5 Å². The molecule has 2 amide bonds. The number of carbonyl (C=O) groups excluding carboxylic acids is 2. The minimum atomic E-state index is -0.540. The van der Waals surface area contributed by atoms with E-state index >= 15 is 0 Å². The van der Waals surface area contributed by atoms with Crippen molar-refractivity contribution in [3.63, 3.8) is 0 Å². The lowest BCUT2D eigenvalue weighted by Gasteiger charge is -2.34. The number of amides is 2.